The smallest absolute Gasteiger partial charge is 0.339 e. The first kappa shape index (κ1) is 16.3. The predicted octanol–water partition coefficient (Wildman–Crippen LogP) is 3.14. The van der Waals surface area contributed by atoms with Crippen LogP contribution < -0.4 is 4.74 Å². The lowest BCUT2D eigenvalue weighted by Crippen LogP contribution is -1.98. The Hall–Kier alpha value is -2.05. The van der Waals surface area contributed by atoms with Crippen molar-refractivity contribution in [3.05, 3.63) is 56.8 Å². The summed E-state index contributed by atoms with van der Waals surface area (Å²) in [5.41, 5.74) is -0.147. The highest BCUT2D eigenvalue weighted by Crippen LogP contribution is 2.35. The average molecular weight is 341 g/mol. The van der Waals surface area contributed by atoms with Crippen LogP contribution in [0.2, 0.25) is 0 Å². The van der Waals surface area contributed by atoms with E-state index in [4.69, 9.17) is 26.6 Å². The second-order valence-electron chi connectivity index (χ2n) is 4.28. The third kappa shape index (κ3) is 3.40. The second kappa shape index (κ2) is 6.81. The van der Waals surface area contributed by atoms with Gasteiger partial charge in [-0.1, -0.05) is 11.6 Å². The highest BCUT2D eigenvalue weighted by molar-refractivity contribution is 7.94. The second-order valence-corrected chi connectivity index (χ2v) is 6.13. The van der Waals surface area contributed by atoms with Gasteiger partial charge in [0.1, 0.15) is 17.1 Å². The molecule has 0 radical (unpaired) electrons. The molecule has 0 amide bonds. The van der Waals surface area contributed by atoms with Crippen LogP contribution in [-0.4, -0.2) is 27.0 Å². The number of fused-ring (bicyclic) bond motifs is 2. The molecule has 0 fully saturated rings. The fourth-order valence-electron chi connectivity index (χ4n) is 1.82. The molecule has 1 aromatic rings. The number of allylic oxidation sites excluding steroid dienone is 4. The summed E-state index contributed by atoms with van der Waals surface area (Å²) in [5, 5.41) is 18.4. The van der Waals surface area contributed by atoms with Gasteiger partial charge in [-0.05, 0) is 43.4 Å². The molecule has 0 aromatic heterocycles. The number of rotatable bonds is 3. The summed E-state index contributed by atoms with van der Waals surface area (Å²) in [6.45, 7) is 2.26. The molecule has 0 saturated carbocycles. The van der Waals surface area contributed by atoms with Gasteiger partial charge in [-0.15, -0.1) is 0 Å². The Bertz CT molecular complexity index is 733. The Morgan fingerprint density at radius 3 is 2.50 bits per heavy atom. The molecule has 0 spiro atoms. The van der Waals surface area contributed by atoms with E-state index in [1.807, 2.05) is 6.08 Å². The van der Waals surface area contributed by atoms with Crippen LogP contribution in [0.5, 0.6) is 11.5 Å². The highest BCUT2D eigenvalue weighted by atomic mass is 35.5. The number of aromatic hydroxyl groups is 1. The molecule has 1 aromatic carbocycles. The normalized spacial score (nSPS) is 17.9. The van der Waals surface area contributed by atoms with Crippen molar-refractivity contribution in [2.75, 3.05) is 6.61 Å². The maximum absolute atomic E-state index is 11.0. The maximum Gasteiger partial charge on any atom is 0.339 e. The van der Waals surface area contributed by atoms with Crippen LogP contribution in [0.1, 0.15) is 17.3 Å². The van der Waals surface area contributed by atoms with Gasteiger partial charge in [0, 0.05) is 4.91 Å². The van der Waals surface area contributed by atoms with Gasteiger partial charge in [0.15, 0.2) is 0 Å². The lowest BCUT2D eigenvalue weighted by atomic mass is 10.2. The number of hydrogen-bond donors (Lipinski definition) is 2. The molecular formula is C15H13ClO5S. The van der Waals surface area contributed by atoms with Crippen LogP contribution in [0.4, 0.5) is 0 Å². The van der Waals surface area contributed by atoms with Gasteiger partial charge in [-0.3, -0.25) is 0 Å². The molecule has 2 N–H and O–H groups in total. The lowest BCUT2D eigenvalue weighted by Gasteiger charge is -2.04. The zero-order valence-electron chi connectivity index (χ0n) is 11.6. The molecule has 2 aliphatic rings. The summed E-state index contributed by atoms with van der Waals surface area (Å²) in [7, 11) is -0.934. The van der Waals surface area contributed by atoms with Gasteiger partial charge in [-0.2, -0.15) is 0 Å². The summed E-state index contributed by atoms with van der Waals surface area (Å²) in [6.07, 6.45) is 5.37. The Morgan fingerprint density at radius 2 is 2.09 bits per heavy atom. The maximum atomic E-state index is 11.0. The molecule has 0 aliphatic carbocycles. The third-order valence-electron chi connectivity index (χ3n) is 2.83. The first-order valence-corrected chi connectivity index (χ1v) is 7.87. The van der Waals surface area contributed by atoms with E-state index in [0.717, 1.165) is 9.81 Å². The van der Waals surface area contributed by atoms with Crippen LogP contribution in [0.15, 0.2) is 51.3 Å². The largest absolute Gasteiger partial charge is 0.507 e. The Morgan fingerprint density at radius 1 is 1.36 bits per heavy atom. The van der Waals surface area contributed by atoms with Crippen molar-refractivity contribution in [3.8, 4) is 11.5 Å². The Labute approximate surface area is 134 Å². The molecule has 1 atom stereocenters. The summed E-state index contributed by atoms with van der Waals surface area (Å²) >= 11 is 5.66. The van der Waals surface area contributed by atoms with Crippen molar-refractivity contribution in [3.63, 3.8) is 0 Å². The molecule has 2 bridgehead atoms. The Kier molecular flexibility index (Phi) is 5.05. The zero-order chi connectivity index (χ0) is 16.3. The predicted molar refractivity (Wildman–Crippen MR) is 84.5 cm³/mol. The van der Waals surface area contributed by atoms with Crippen LogP contribution in [-0.2, 0) is 10.8 Å². The van der Waals surface area contributed by atoms with Gasteiger partial charge in [-0.25, -0.2) is 9.00 Å². The van der Waals surface area contributed by atoms with E-state index in [1.54, 1.807) is 19.1 Å². The number of phenols is 1. The molecule has 5 nitrogen and oxygen atoms in total. The molecule has 0 saturated heterocycles. The topological polar surface area (TPSA) is 83.8 Å². The number of ether oxygens (including phenoxy) is 1. The van der Waals surface area contributed by atoms with Gasteiger partial charge in [0.25, 0.3) is 0 Å². The SMILES string of the molecule is CCOc1ccc(O)c(C(=O)O)c1.O=S1C2=CC(Cl)=C1C=C2. The van der Waals surface area contributed by atoms with Gasteiger partial charge in [0.2, 0.25) is 0 Å². The molecule has 2 aliphatic heterocycles. The average Bonchev–Trinajstić information content (AvgIpc) is 2.96. The monoisotopic (exact) mass is 340 g/mol. The van der Waals surface area contributed by atoms with Crippen molar-refractivity contribution in [2.24, 2.45) is 0 Å². The minimum absolute atomic E-state index is 0.147. The van der Waals surface area contributed by atoms with Crippen LogP contribution >= 0.6 is 11.6 Å². The van der Waals surface area contributed by atoms with E-state index in [1.165, 1.54) is 18.2 Å². The first-order valence-electron chi connectivity index (χ1n) is 6.34. The highest BCUT2D eigenvalue weighted by Gasteiger charge is 2.24. The van der Waals surface area contributed by atoms with E-state index < -0.39 is 16.8 Å². The molecule has 3 rings (SSSR count). The fourth-order valence-corrected chi connectivity index (χ4v) is 3.37. The van der Waals surface area contributed by atoms with E-state index in [9.17, 15) is 9.00 Å². The van der Waals surface area contributed by atoms with Crippen molar-refractivity contribution >= 4 is 28.4 Å². The fraction of sp³-hybridized carbons (Fsp3) is 0.133. The van der Waals surface area contributed by atoms with Crippen molar-refractivity contribution in [1.29, 1.82) is 0 Å². The quantitative estimate of drug-likeness (QED) is 0.883. The molecule has 2 heterocycles. The van der Waals surface area contributed by atoms with Crippen LogP contribution in [0.25, 0.3) is 0 Å². The molecule has 7 heteroatoms. The minimum Gasteiger partial charge on any atom is -0.507 e. The Balaban J connectivity index is 0.000000170. The van der Waals surface area contributed by atoms with Crippen LogP contribution in [0.3, 0.4) is 0 Å². The molecule has 116 valence electrons. The van der Waals surface area contributed by atoms with Gasteiger partial charge >= 0.3 is 5.97 Å². The van der Waals surface area contributed by atoms with E-state index in [-0.39, 0.29) is 11.3 Å². The number of carboxylic acid groups (broad SMARTS) is 1. The zero-order valence-corrected chi connectivity index (χ0v) is 13.1. The van der Waals surface area contributed by atoms with E-state index >= 15 is 0 Å². The molecule has 1 unspecified atom stereocenters. The third-order valence-corrected chi connectivity index (χ3v) is 4.69. The number of aromatic carboxylic acids is 1. The van der Waals surface area contributed by atoms with E-state index in [2.05, 4.69) is 0 Å². The molecular weight excluding hydrogens is 328 g/mol. The van der Waals surface area contributed by atoms with Gasteiger partial charge in [0.05, 0.1) is 27.3 Å². The van der Waals surface area contributed by atoms with Gasteiger partial charge < -0.3 is 14.9 Å². The number of carbonyl (C=O) groups is 1. The van der Waals surface area contributed by atoms with Crippen LogP contribution in [0, 0.1) is 0 Å². The summed E-state index contributed by atoms with van der Waals surface area (Å²) < 4.78 is 16.1. The summed E-state index contributed by atoms with van der Waals surface area (Å²) in [5.74, 6) is -0.979. The summed E-state index contributed by atoms with van der Waals surface area (Å²) in [6, 6.07) is 4.11. The number of carboxylic acids is 1. The van der Waals surface area contributed by atoms with Crippen molar-refractivity contribution in [2.45, 2.75) is 6.92 Å². The standard InChI is InChI=1S/C9H10O4.C6H3ClOS/c1-2-13-6-3-4-8(10)7(5-6)9(11)12;7-5-3-4-1-2-6(5)9(4)8/h3-5,10H,2H2,1H3,(H,11,12);1-3H. The lowest BCUT2D eigenvalue weighted by molar-refractivity contribution is 0.0693. The van der Waals surface area contributed by atoms with Crippen molar-refractivity contribution < 1.29 is 24.0 Å². The van der Waals surface area contributed by atoms with Crippen molar-refractivity contribution in [1.82, 2.24) is 0 Å². The summed E-state index contributed by atoms with van der Waals surface area (Å²) in [4.78, 5) is 12.1. The van der Waals surface area contributed by atoms with E-state index in [0.29, 0.717) is 17.4 Å². The molecule has 22 heavy (non-hydrogen) atoms. The minimum atomic E-state index is -1.17. The number of halogens is 1. The number of hydrogen-bond acceptors (Lipinski definition) is 4. The number of benzene rings is 1. The first-order chi connectivity index (χ1) is 10.4.